The predicted octanol–water partition coefficient (Wildman–Crippen LogP) is 2.61. The van der Waals surface area contributed by atoms with Crippen LogP contribution in [0.15, 0.2) is 71.3 Å². The van der Waals surface area contributed by atoms with Gasteiger partial charge in [0, 0.05) is 12.0 Å². The molecule has 4 heteroatoms. The van der Waals surface area contributed by atoms with Gasteiger partial charge in [-0.2, -0.15) is 4.98 Å². The number of benzene rings is 2. The molecule has 0 spiro atoms. The first-order valence-corrected chi connectivity index (χ1v) is 8.34. The zero-order valence-electron chi connectivity index (χ0n) is 13.5. The van der Waals surface area contributed by atoms with Crippen LogP contribution in [0.25, 0.3) is 17.0 Å². The molecule has 1 atom stereocenters. The molecular formula is C20H20N3O+. The van der Waals surface area contributed by atoms with Crippen molar-refractivity contribution in [1.29, 1.82) is 0 Å². The van der Waals surface area contributed by atoms with Crippen LogP contribution in [-0.4, -0.2) is 23.2 Å². The average molecular weight is 318 g/mol. The van der Waals surface area contributed by atoms with Crippen molar-refractivity contribution in [2.24, 2.45) is 0 Å². The minimum Gasteiger partial charge on any atom is -0.333 e. The van der Waals surface area contributed by atoms with Gasteiger partial charge in [-0.3, -0.25) is 0 Å². The molecule has 1 N–H and O–H groups in total. The molecule has 0 bridgehead atoms. The molecule has 4 nitrogen and oxygen atoms in total. The molecular weight excluding hydrogens is 298 g/mol. The van der Waals surface area contributed by atoms with Gasteiger partial charge in [0.1, 0.15) is 0 Å². The maximum atomic E-state index is 5.43. The molecule has 120 valence electrons. The molecule has 24 heavy (non-hydrogen) atoms. The Hall–Kier alpha value is -2.72. The van der Waals surface area contributed by atoms with E-state index in [-0.39, 0.29) is 0 Å². The Bertz CT molecular complexity index is 824. The zero-order valence-corrected chi connectivity index (χ0v) is 13.5. The lowest BCUT2D eigenvalue weighted by Gasteiger charge is -2.22. The van der Waals surface area contributed by atoms with Gasteiger partial charge in [0.15, 0.2) is 6.54 Å². The van der Waals surface area contributed by atoms with E-state index in [0.717, 1.165) is 31.6 Å². The second kappa shape index (κ2) is 6.81. The summed E-state index contributed by atoms with van der Waals surface area (Å²) in [5, 5.41) is 4.10. The van der Waals surface area contributed by atoms with E-state index in [1.54, 1.807) is 0 Å². The maximum Gasteiger partial charge on any atom is 0.282 e. The van der Waals surface area contributed by atoms with Gasteiger partial charge in [0.05, 0.1) is 13.1 Å². The summed E-state index contributed by atoms with van der Waals surface area (Å²) >= 11 is 0. The number of nitrogens with zero attached hydrogens (tertiary/aromatic N) is 2. The predicted molar refractivity (Wildman–Crippen MR) is 93.2 cm³/mol. The monoisotopic (exact) mass is 318 g/mol. The second-order valence-corrected chi connectivity index (χ2v) is 6.10. The van der Waals surface area contributed by atoms with Gasteiger partial charge in [-0.05, 0) is 17.2 Å². The van der Waals surface area contributed by atoms with E-state index < -0.39 is 0 Å². The van der Waals surface area contributed by atoms with Crippen LogP contribution in [-0.2, 0) is 6.54 Å². The first-order valence-electron chi connectivity index (χ1n) is 8.34. The van der Waals surface area contributed by atoms with Crippen LogP contribution in [0.2, 0.25) is 0 Å². The van der Waals surface area contributed by atoms with Gasteiger partial charge in [-0.1, -0.05) is 65.8 Å². The number of quaternary nitrogens is 1. The second-order valence-electron chi connectivity index (χ2n) is 6.10. The quantitative estimate of drug-likeness (QED) is 0.804. The molecule has 0 amide bonds. The third-order valence-electron chi connectivity index (χ3n) is 4.43. The molecule has 1 unspecified atom stereocenters. The Morgan fingerprint density at radius 3 is 2.29 bits per heavy atom. The van der Waals surface area contributed by atoms with E-state index >= 15 is 0 Å². The van der Waals surface area contributed by atoms with E-state index in [0.29, 0.717) is 11.7 Å². The van der Waals surface area contributed by atoms with Crippen molar-refractivity contribution in [1.82, 2.24) is 10.1 Å². The highest BCUT2D eigenvalue weighted by Crippen LogP contribution is 2.18. The van der Waals surface area contributed by atoms with Crippen LogP contribution >= 0.6 is 0 Å². The fourth-order valence-electron chi connectivity index (χ4n) is 3.10. The average Bonchev–Trinajstić information content (AvgIpc) is 3.12. The third-order valence-corrected chi connectivity index (χ3v) is 4.43. The summed E-state index contributed by atoms with van der Waals surface area (Å²) in [6.07, 6.45) is 3.42. The summed E-state index contributed by atoms with van der Waals surface area (Å²) in [5.74, 6) is 1.38. The first kappa shape index (κ1) is 14.8. The highest BCUT2D eigenvalue weighted by atomic mass is 16.5. The molecule has 0 saturated heterocycles. The molecule has 0 radical (unpaired) electrons. The summed E-state index contributed by atoms with van der Waals surface area (Å²) in [4.78, 5) is 5.99. The molecule has 1 aliphatic rings. The van der Waals surface area contributed by atoms with Crippen LogP contribution in [0.3, 0.4) is 0 Å². The lowest BCUT2D eigenvalue weighted by Crippen LogP contribution is -3.11. The van der Waals surface area contributed by atoms with E-state index in [2.05, 4.69) is 46.5 Å². The number of hydrogen-bond donors (Lipinski definition) is 1. The highest BCUT2D eigenvalue weighted by Gasteiger charge is 2.19. The smallest absolute Gasteiger partial charge is 0.282 e. The molecule has 0 aliphatic carbocycles. The van der Waals surface area contributed by atoms with Crippen molar-refractivity contribution >= 4 is 5.57 Å². The van der Waals surface area contributed by atoms with E-state index in [9.17, 15) is 0 Å². The van der Waals surface area contributed by atoms with Crippen molar-refractivity contribution in [2.45, 2.75) is 13.0 Å². The van der Waals surface area contributed by atoms with E-state index in [1.807, 2.05) is 30.3 Å². The molecule has 0 fully saturated rings. The van der Waals surface area contributed by atoms with Gasteiger partial charge in [-0.15, -0.1) is 0 Å². The summed E-state index contributed by atoms with van der Waals surface area (Å²) in [6.45, 7) is 2.86. The summed E-state index contributed by atoms with van der Waals surface area (Å²) in [5.41, 5.74) is 3.77. The Morgan fingerprint density at radius 2 is 1.62 bits per heavy atom. The molecule has 4 rings (SSSR count). The van der Waals surface area contributed by atoms with Crippen LogP contribution < -0.4 is 4.90 Å². The van der Waals surface area contributed by atoms with Gasteiger partial charge >= 0.3 is 0 Å². The van der Waals surface area contributed by atoms with Crippen molar-refractivity contribution in [3.63, 3.8) is 0 Å². The van der Waals surface area contributed by atoms with E-state index in [1.165, 1.54) is 16.0 Å². The van der Waals surface area contributed by atoms with Crippen molar-refractivity contribution in [3.05, 3.63) is 78.2 Å². The number of rotatable bonds is 4. The summed E-state index contributed by atoms with van der Waals surface area (Å²) < 4.78 is 5.43. The van der Waals surface area contributed by atoms with Crippen LogP contribution in [0.1, 0.15) is 17.9 Å². The fourth-order valence-corrected chi connectivity index (χ4v) is 3.10. The van der Waals surface area contributed by atoms with Crippen molar-refractivity contribution in [2.75, 3.05) is 13.1 Å². The SMILES string of the molecule is C1=C(c2ccccc2)CC[NH+](Cc2nc(-c3ccccc3)no2)C1. The van der Waals surface area contributed by atoms with Gasteiger partial charge in [0.2, 0.25) is 5.82 Å². The molecule has 0 saturated carbocycles. The Balaban J connectivity index is 1.41. The maximum absolute atomic E-state index is 5.43. The van der Waals surface area contributed by atoms with Crippen LogP contribution in [0.5, 0.6) is 0 Å². The number of aromatic nitrogens is 2. The minimum atomic E-state index is 0.669. The van der Waals surface area contributed by atoms with Gasteiger partial charge < -0.3 is 9.42 Å². The molecule has 2 heterocycles. The number of hydrogen-bond acceptors (Lipinski definition) is 3. The normalized spacial score (nSPS) is 17.5. The van der Waals surface area contributed by atoms with Crippen molar-refractivity contribution in [3.8, 4) is 11.4 Å². The van der Waals surface area contributed by atoms with Gasteiger partial charge in [0.25, 0.3) is 5.89 Å². The Morgan fingerprint density at radius 1 is 0.917 bits per heavy atom. The van der Waals surface area contributed by atoms with Crippen LogP contribution in [0, 0.1) is 0 Å². The third kappa shape index (κ3) is 3.29. The lowest BCUT2D eigenvalue weighted by atomic mass is 10.00. The van der Waals surface area contributed by atoms with E-state index in [4.69, 9.17) is 4.52 Å². The zero-order chi connectivity index (χ0) is 16.2. The minimum absolute atomic E-state index is 0.669. The largest absolute Gasteiger partial charge is 0.333 e. The molecule has 3 aromatic rings. The van der Waals surface area contributed by atoms with Gasteiger partial charge in [-0.25, -0.2) is 0 Å². The molecule has 2 aromatic carbocycles. The molecule has 1 aromatic heterocycles. The summed E-state index contributed by atoms with van der Waals surface area (Å²) in [7, 11) is 0. The summed E-state index contributed by atoms with van der Waals surface area (Å²) in [6, 6.07) is 20.6. The Labute approximate surface area is 141 Å². The van der Waals surface area contributed by atoms with Crippen molar-refractivity contribution < 1.29 is 9.42 Å². The Kier molecular flexibility index (Phi) is 4.21. The number of nitrogens with one attached hydrogen (secondary N) is 1. The molecule has 1 aliphatic heterocycles. The first-order chi connectivity index (χ1) is 11.9. The standard InChI is InChI=1S/C20H19N3O/c1-3-7-16(8-4-1)17-11-13-23(14-12-17)15-19-21-20(22-24-19)18-9-5-2-6-10-18/h1-11H,12-15H2/p+1. The van der Waals surface area contributed by atoms with Crippen LogP contribution in [0.4, 0.5) is 0 Å². The topological polar surface area (TPSA) is 43.4 Å². The lowest BCUT2D eigenvalue weighted by molar-refractivity contribution is -0.910. The fraction of sp³-hybridized carbons (Fsp3) is 0.200. The highest BCUT2D eigenvalue weighted by molar-refractivity contribution is 5.65.